The van der Waals surface area contributed by atoms with Crippen LogP contribution in [-0.2, 0) is 0 Å². The molecule has 0 unspecified atom stereocenters. The predicted octanol–water partition coefficient (Wildman–Crippen LogP) is 5.31. The third-order valence-corrected chi connectivity index (χ3v) is 4.84. The van der Waals surface area contributed by atoms with Crippen LogP contribution >= 0.6 is 11.3 Å². The van der Waals surface area contributed by atoms with Crippen LogP contribution in [0.15, 0.2) is 66.7 Å². The minimum atomic E-state index is -0.341. The predicted molar refractivity (Wildman–Crippen MR) is 107 cm³/mol. The number of carbonyl (C=O) groups is 1. The van der Waals surface area contributed by atoms with Crippen LogP contribution in [0.1, 0.15) is 5.56 Å². The lowest BCUT2D eigenvalue weighted by molar-refractivity contribution is 0.262. The number of hydrogen-bond acceptors (Lipinski definition) is 4. The van der Waals surface area contributed by atoms with Gasteiger partial charge in [0.25, 0.3) is 0 Å². The monoisotopic (exact) mass is 360 g/mol. The van der Waals surface area contributed by atoms with Gasteiger partial charge in [-0.2, -0.15) is 0 Å². The van der Waals surface area contributed by atoms with Gasteiger partial charge in [0.2, 0.25) is 5.13 Å². The van der Waals surface area contributed by atoms with Crippen molar-refractivity contribution in [2.24, 2.45) is 0 Å². The highest BCUT2D eigenvalue weighted by molar-refractivity contribution is 7.18. The summed E-state index contributed by atoms with van der Waals surface area (Å²) in [5.74, 6) is 0. The molecule has 2 amide bonds. The number of hydrogen-bond donors (Lipinski definition) is 2. The molecule has 0 spiro atoms. The molecule has 6 heteroatoms. The molecular formula is C20H16N4OS. The van der Waals surface area contributed by atoms with E-state index in [2.05, 4.69) is 20.8 Å². The van der Waals surface area contributed by atoms with Crippen molar-refractivity contribution in [2.75, 3.05) is 10.6 Å². The number of carbonyl (C=O) groups excluding carboxylic acids is 1. The summed E-state index contributed by atoms with van der Waals surface area (Å²) < 4.78 is 0. The van der Waals surface area contributed by atoms with Crippen molar-refractivity contribution in [3.05, 3.63) is 72.3 Å². The molecule has 1 aromatic heterocycles. The van der Waals surface area contributed by atoms with E-state index >= 15 is 0 Å². The van der Waals surface area contributed by atoms with Crippen LogP contribution in [0.5, 0.6) is 0 Å². The summed E-state index contributed by atoms with van der Waals surface area (Å²) in [6, 6.07) is 21.5. The van der Waals surface area contributed by atoms with Gasteiger partial charge >= 0.3 is 6.03 Å². The molecule has 1 heterocycles. The first-order valence-corrected chi connectivity index (χ1v) is 8.96. The number of fused-ring (bicyclic) bond motifs is 1. The zero-order chi connectivity index (χ0) is 17.9. The van der Waals surface area contributed by atoms with E-state index in [4.69, 9.17) is 0 Å². The molecule has 2 N–H and O–H groups in total. The van der Waals surface area contributed by atoms with Crippen molar-refractivity contribution in [1.29, 1.82) is 0 Å². The fourth-order valence-electron chi connectivity index (χ4n) is 2.61. The number of anilines is 2. The zero-order valence-electron chi connectivity index (χ0n) is 14.1. The first-order chi connectivity index (χ1) is 12.7. The molecule has 3 aromatic carbocycles. The smallest absolute Gasteiger partial charge is 0.308 e. The number of aromatic nitrogens is 2. The first kappa shape index (κ1) is 16.2. The van der Waals surface area contributed by atoms with Gasteiger partial charge in [0.1, 0.15) is 5.01 Å². The van der Waals surface area contributed by atoms with Crippen LogP contribution in [0.4, 0.5) is 15.6 Å². The number of aryl methyl sites for hydroxylation is 1. The van der Waals surface area contributed by atoms with E-state index in [9.17, 15) is 4.79 Å². The minimum Gasteiger partial charge on any atom is -0.308 e. The molecule has 0 saturated carbocycles. The van der Waals surface area contributed by atoms with Crippen molar-refractivity contribution in [3.8, 4) is 10.6 Å². The molecule has 0 aliphatic carbocycles. The molecule has 0 saturated heterocycles. The second kappa shape index (κ2) is 6.93. The van der Waals surface area contributed by atoms with Gasteiger partial charge in [-0.1, -0.05) is 71.5 Å². The Bertz CT molecular complexity index is 1070. The Morgan fingerprint density at radius 2 is 1.65 bits per heavy atom. The van der Waals surface area contributed by atoms with Gasteiger partial charge in [0, 0.05) is 11.3 Å². The Morgan fingerprint density at radius 1 is 0.885 bits per heavy atom. The maximum atomic E-state index is 12.2. The average Bonchev–Trinajstić information content (AvgIpc) is 3.10. The molecule has 26 heavy (non-hydrogen) atoms. The topological polar surface area (TPSA) is 66.9 Å². The maximum Gasteiger partial charge on any atom is 0.325 e. The van der Waals surface area contributed by atoms with Crippen LogP contribution in [-0.4, -0.2) is 16.2 Å². The molecule has 0 radical (unpaired) electrons. The Balaban J connectivity index is 1.45. The first-order valence-electron chi connectivity index (χ1n) is 8.15. The molecule has 0 atom stereocenters. The van der Waals surface area contributed by atoms with Crippen molar-refractivity contribution in [3.63, 3.8) is 0 Å². The third kappa shape index (κ3) is 3.55. The van der Waals surface area contributed by atoms with Crippen molar-refractivity contribution >= 4 is 39.0 Å². The summed E-state index contributed by atoms with van der Waals surface area (Å²) in [5.41, 5.74) is 2.90. The summed E-state index contributed by atoms with van der Waals surface area (Å²) in [5, 5.41) is 17.2. The number of nitrogens with one attached hydrogen (secondary N) is 2. The van der Waals surface area contributed by atoms with Gasteiger partial charge in [-0.25, -0.2) is 4.79 Å². The van der Waals surface area contributed by atoms with Gasteiger partial charge in [0.15, 0.2) is 0 Å². The zero-order valence-corrected chi connectivity index (χ0v) is 14.9. The van der Waals surface area contributed by atoms with E-state index in [-0.39, 0.29) is 6.03 Å². The molecule has 0 aliphatic heterocycles. The molecule has 0 aliphatic rings. The number of rotatable bonds is 3. The Hall–Kier alpha value is -3.25. The lowest BCUT2D eigenvalue weighted by Crippen LogP contribution is -2.19. The Morgan fingerprint density at radius 3 is 2.46 bits per heavy atom. The van der Waals surface area contributed by atoms with E-state index < -0.39 is 0 Å². The largest absolute Gasteiger partial charge is 0.325 e. The molecule has 4 aromatic rings. The second-order valence-corrected chi connectivity index (χ2v) is 6.90. The van der Waals surface area contributed by atoms with Gasteiger partial charge < -0.3 is 5.32 Å². The molecular weight excluding hydrogens is 344 g/mol. The molecule has 0 bridgehead atoms. The summed E-state index contributed by atoms with van der Waals surface area (Å²) in [6.07, 6.45) is 0. The van der Waals surface area contributed by atoms with Crippen LogP contribution in [0.3, 0.4) is 0 Å². The van der Waals surface area contributed by atoms with E-state index in [1.807, 2.05) is 73.7 Å². The third-order valence-electron chi connectivity index (χ3n) is 3.95. The van der Waals surface area contributed by atoms with Crippen LogP contribution < -0.4 is 10.6 Å². The second-order valence-electron chi connectivity index (χ2n) is 5.92. The Labute approximate surface area is 154 Å². The van der Waals surface area contributed by atoms with Crippen molar-refractivity contribution in [2.45, 2.75) is 6.92 Å². The quantitative estimate of drug-likeness (QED) is 0.520. The Kier molecular flexibility index (Phi) is 4.33. The van der Waals surface area contributed by atoms with Gasteiger partial charge in [-0.15, -0.1) is 10.2 Å². The van der Waals surface area contributed by atoms with Crippen molar-refractivity contribution in [1.82, 2.24) is 10.2 Å². The SMILES string of the molecule is Cc1ccc(-c2nnc(NC(=O)Nc3ccc4ccccc4c3)s2)cc1. The summed E-state index contributed by atoms with van der Waals surface area (Å²) in [7, 11) is 0. The van der Waals surface area contributed by atoms with E-state index in [0.717, 1.165) is 27.0 Å². The fraction of sp³-hybridized carbons (Fsp3) is 0.0500. The van der Waals surface area contributed by atoms with Crippen LogP contribution in [0.2, 0.25) is 0 Å². The highest BCUT2D eigenvalue weighted by Gasteiger charge is 2.10. The highest BCUT2D eigenvalue weighted by atomic mass is 32.1. The van der Waals surface area contributed by atoms with E-state index in [1.165, 1.54) is 16.9 Å². The van der Waals surface area contributed by atoms with Gasteiger partial charge in [-0.3, -0.25) is 5.32 Å². The lowest BCUT2D eigenvalue weighted by Gasteiger charge is -2.06. The summed E-state index contributed by atoms with van der Waals surface area (Å²) in [4.78, 5) is 12.2. The molecule has 0 fully saturated rings. The summed E-state index contributed by atoms with van der Waals surface area (Å²) in [6.45, 7) is 2.04. The van der Waals surface area contributed by atoms with Gasteiger partial charge in [0.05, 0.1) is 0 Å². The minimum absolute atomic E-state index is 0.341. The van der Waals surface area contributed by atoms with Crippen LogP contribution in [0, 0.1) is 6.92 Å². The van der Waals surface area contributed by atoms with E-state index in [1.54, 1.807) is 0 Å². The number of nitrogens with zero attached hydrogens (tertiary/aromatic N) is 2. The van der Waals surface area contributed by atoms with Crippen molar-refractivity contribution < 1.29 is 4.79 Å². The van der Waals surface area contributed by atoms with Crippen LogP contribution in [0.25, 0.3) is 21.3 Å². The maximum absolute atomic E-state index is 12.2. The molecule has 128 valence electrons. The standard InChI is InChI=1S/C20H16N4OS/c1-13-6-8-15(9-7-13)18-23-24-20(26-18)22-19(25)21-17-11-10-14-4-2-3-5-16(14)12-17/h2-12H,1H3,(H2,21,22,24,25). The number of urea groups is 1. The average molecular weight is 360 g/mol. The number of amides is 2. The highest BCUT2D eigenvalue weighted by Crippen LogP contribution is 2.26. The van der Waals surface area contributed by atoms with Gasteiger partial charge in [-0.05, 0) is 29.8 Å². The summed E-state index contributed by atoms with van der Waals surface area (Å²) >= 11 is 1.34. The normalized spacial score (nSPS) is 10.7. The van der Waals surface area contributed by atoms with E-state index in [0.29, 0.717) is 5.13 Å². The number of benzene rings is 3. The molecule has 5 nitrogen and oxygen atoms in total. The molecule has 4 rings (SSSR count). The fourth-order valence-corrected chi connectivity index (χ4v) is 3.36. The lowest BCUT2D eigenvalue weighted by atomic mass is 10.1.